The Hall–Kier alpha value is -2.34. The van der Waals surface area contributed by atoms with Crippen LogP contribution >= 0.6 is 15.9 Å². The van der Waals surface area contributed by atoms with Crippen LogP contribution in [0.25, 0.3) is 0 Å². The Balaban J connectivity index is 2.00. The number of hydrogen-bond donors (Lipinski definition) is 1. The summed E-state index contributed by atoms with van der Waals surface area (Å²) < 4.78 is 10.7. The molecule has 0 aromatic heterocycles. The molecular formula is C18H18BrNO4. The van der Waals surface area contributed by atoms with Gasteiger partial charge in [-0.2, -0.15) is 0 Å². The molecule has 2 rings (SSSR count). The number of halogens is 1. The molecule has 6 heteroatoms. The van der Waals surface area contributed by atoms with Gasteiger partial charge in [0.1, 0.15) is 5.75 Å². The van der Waals surface area contributed by atoms with Crippen LogP contribution in [0.5, 0.6) is 5.75 Å². The standard InChI is InChI=1S/C18H18BrNO4/c1-11-5-4-6-12(2)17(11)20-16(21)10-24-15-8-7-13(9-14(15)19)18(22)23-3/h4-9H,10H2,1-3H3,(H,20,21). The molecule has 0 bridgehead atoms. The van der Waals surface area contributed by atoms with E-state index in [4.69, 9.17) is 4.74 Å². The Kier molecular flexibility index (Phi) is 5.98. The van der Waals surface area contributed by atoms with E-state index in [0.717, 1.165) is 16.8 Å². The van der Waals surface area contributed by atoms with Crippen LogP contribution in [0, 0.1) is 13.8 Å². The molecule has 0 aliphatic heterocycles. The summed E-state index contributed by atoms with van der Waals surface area (Å²) in [6.07, 6.45) is 0. The third kappa shape index (κ3) is 4.35. The highest BCUT2D eigenvalue weighted by Crippen LogP contribution is 2.26. The van der Waals surface area contributed by atoms with Gasteiger partial charge in [-0.1, -0.05) is 18.2 Å². The largest absolute Gasteiger partial charge is 0.483 e. The number of ether oxygens (including phenoxy) is 2. The quantitative estimate of drug-likeness (QED) is 0.785. The Morgan fingerprint density at radius 2 is 1.79 bits per heavy atom. The fraction of sp³-hybridized carbons (Fsp3) is 0.222. The number of rotatable bonds is 5. The fourth-order valence-electron chi connectivity index (χ4n) is 2.19. The van der Waals surface area contributed by atoms with Crippen LogP contribution in [0.3, 0.4) is 0 Å². The summed E-state index contributed by atoms with van der Waals surface area (Å²) in [5, 5.41) is 2.85. The van der Waals surface area contributed by atoms with Gasteiger partial charge in [-0.15, -0.1) is 0 Å². The maximum atomic E-state index is 12.1. The lowest BCUT2D eigenvalue weighted by Crippen LogP contribution is -2.21. The van der Waals surface area contributed by atoms with Gasteiger partial charge in [-0.3, -0.25) is 4.79 Å². The van der Waals surface area contributed by atoms with E-state index >= 15 is 0 Å². The normalized spacial score (nSPS) is 10.2. The van der Waals surface area contributed by atoms with Gasteiger partial charge in [0, 0.05) is 5.69 Å². The molecule has 1 amide bonds. The smallest absolute Gasteiger partial charge is 0.337 e. The number of aryl methyl sites for hydroxylation is 2. The van der Waals surface area contributed by atoms with Crippen molar-refractivity contribution in [3.63, 3.8) is 0 Å². The van der Waals surface area contributed by atoms with Gasteiger partial charge in [0.2, 0.25) is 0 Å². The Morgan fingerprint density at radius 3 is 2.38 bits per heavy atom. The van der Waals surface area contributed by atoms with Gasteiger partial charge in [0.05, 0.1) is 17.1 Å². The molecule has 0 aliphatic rings. The highest BCUT2D eigenvalue weighted by atomic mass is 79.9. The van der Waals surface area contributed by atoms with E-state index in [0.29, 0.717) is 15.8 Å². The first-order valence-electron chi connectivity index (χ1n) is 7.29. The number of carbonyl (C=O) groups excluding carboxylic acids is 2. The van der Waals surface area contributed by atoms with Crippen molar-refractivity contribution in [2.75, 3.05) is 19.0 Å². The first-order valence-corrected chi connectivity index (χ1v) is 8.08. The highest BCUT2D eigenvalue weighted by molar-refractivity contribution is 9.10. The summed E-state index contributed by atoms with van der Waals surface area (Å²) in [5.41, 5.74) is 3.18. The summed E-state index contributed by atoms with van der Waals surface area (Å²) in [7, 11) is 1.32. The zero-order valence-corrected chi connectivity index (χ0v) is 15.3. The van der Waals surface area contributed by atoms with E-state index in [1.54, 1.807) is 18.2 Å². The van der Waals surface area contributed by atoms with Crippen molar-refractivity contribution in [1.29, 1.82) is 0 Å². The van der Waals surface area contributed by atoms with Crippen LogP contribution in [0.15, 0.2) is 40.9 Å². The Bertz CT molecular complexity index is 753. The summed E-state index contributed by atoms with van der Waals surface area (Å²) in [4.78, 5) is 23.6. The van der Waals surface area contributed by atoms with Crippen molar-refractivity contribution < 1.29 is 19.1 Å². The predicted molar refractivity (Wildman–Crippen MR) is 95.5 cm³/mol. The van der Waals surface area contributed by atoms with Crippen LogP contribution in [0.2, 0.25) is 0 Å². The second kappa shape index (κ2) is 7.97. The molecule has 0 fully saturated rings. The lowest BCUT2D eigenvalue weighted by atomic mass is 10.1. The van der Waals surface area contributed by atoms with Crippen molar-refractivity contribution in [3.8, 4) is 5.75 Å². The van der Waals surface area contributed by atoms with E-state index in [1.807, 2.05) is 32.0 Å². The minimum absolute atomic E-state index is 0.135. The Labute approximate surface area is 149 Å². The van der Waals surface area contributed by atoms with Gasteiger partial charge >= 0.3 is 5.97 Å². The van der Waals surface area contributed by atoms with Crippen molar-refractivity contribution >= 4 is 33.5 Å². The molecule has 0 aliphatic carbocycles. The highest BCUT2D eigenvalue weighted by Gasteiger charge is 2.12. The molecule has 0 saturated heterocycles. The van der Waals surface area contributed by atoms with Crippen LogP contribution in [-0.2, 0) is 9.53 Å². The van der Waals surface area contributed by atoms with Gasteiger partial charge < -0.3 is 14.8 Å². The first-order chi connectivity index (χ1) is 11.4. The number of anilines is 1. The van der Waals surface area contributed by atoms with Crippen molar-refractivity contribution in [2.24, 2.45) is 0 Å². The van der Waals surface area contributed by atoms with Crippen molar-refractivity contribution in [2.45, 2.75) is 13.8 Å². The molecule has 0 spiro atoms. The summed E-state index contributed by atoms with van der Waals surface area (Å²) in [6.45, 7) is 3.74. The van der Waals surface area contributed by atoms with E-state index in [1.165, 1.54) is 7.11 Å². The number of esters is 1. The zero-order chi connectivity index (χ0) is 17.7. The number of benzene rings is 2. The van der Waals surface area contributed by atoms with Gasteiger partial charge in [-0.05, 0) is 59.1 Å². The number of methoxy groups -OCH3 is 1. The van der Waals surface area contributed by atoms with E-state index < -0.39 is 5.97 Å². The molecule has 0 unspecified atom stereocenters. The number of nitrogens with one attached hydrogen (secondary N) is 1. The molecule has 0 saturated carbocycles. The van der Waals surface area contributed by atoms with Crippen LogP contribution < -0.4 is 10.1 Å². The van der Waals surface area contributed by atoms with Gasteiger partial charge in [0.25, 0.3) is 5.91 Å². The monoisotopic (exact) mass is 391 g/mol. The third-order valence-electron chi connectivity index (χ3n) is 3.46. The van der Waals surface area contributed by atoms with Gasteiger partial charge in [0.15, 0.2) is 6.61 Å². The lowest BCUT2D eigenvalue weighted by Gasteiger charge is -2.13. The molecule has 0 heterocycles. The maximum absolute atomic E-state index is 12.1. The predicted octanol–water partition coefficient (Wildman–Crippen LogP) is 3.87. The number of carbonyl (C=O) groups is 2. The van der Waals surface area contributed by atoms with Crippen LogP contribution in [-0.4, -0.2) is 25.6 Å². The van der Waals surface area contributed by atoms with Crippen LogP contribution in [0.4, 0.5) is 5.69 Å². The first kappa shape index (κ1) is 18.0. The van der Waals surface area contributed by atoms with Crippen molar-refractivity contribution in [1.82, 2.24) is 0 Å². The van der Waals surface area contributed by atoms with E-state index in [-0.39, 0.29) is 12.5 Å². The summed E-state index contributed by atoms with van der Waals surface area (Å²) in [5.74, 6) is -0.217. The van der Waals surface area contributed by atoms with E-state index in [9.17, 15) is 9.59 Å². The molecule has 126 valence electrons. The number of para-hydroxylation sites is 1. The summed E-state index contributed by atoms with van der Waals surface area (Å²) >= 11 is 3.32. The van der Waals surface area contributed by atoms with E-state index in [2.05, 4.69) is 26.0 Å². The number of amides is 1. The second-order valence-electron chi connectivity index (χ2n) is 5.24. The molecule has 2 aromatic carbocycles. The molecule has 5 nitrogen and oxygen atoms in total. The average Bonchev–Trinajstić information content (AvgIpc) is 2.56. The lowest BCUT2D eigenvalue weighted by molar-refractivity contribution is -0.118. The second-order valence-corrected chi connectivity index (χ2v) is 6.09. The third-order valence-corrected chi connectivity index (χ3v) is 4.08. The fourth-order valence-corrected chi connectivity index (χ4v) is 2.69. The van der Waals surface area contributed by atoms with Crippen molar-refractivity contribution in [3.05, 3.63) is 57.6 Å². The molecule has 2 aromatic rings. The van der Waals surface area contributed by atoms with Gasteiger partial charge in [-0.25, -0.2) is 4.79 Å². The molecule has 0 atom stereocenters. The minimum atomic E-state index is -0.435. The molecule has 1 N–H and O–H groups in total. The zero-order valence-electron chi connectivity index (χ0n) is 13.7. The summed E-state index contributed by atoms with van der Waals surface area (Å²) in [6, 6.07) is 10.6. The molecular weight excluding hydrogens is 374 g/mol. The minimum Gasteiger partial charge on any atom is -0.483 e. The molecule has 24 heavy (non-hydrogen) atoms. The SMILES string of the molecule is COC(=O)c1ccc(OCC(=O)Nc2c(C)cccc2C)c(Br)c1. The maximum Gasteiger partial charge on any atom is 0.337 e. The molecule has 0 radical (unpaired) electrons. The Morgan fingerprint density at radius 1 is 1.12 bits per heavy atom. The van der Waals surface area contributed by atoms with Crippen LogP contribution in [0.1, 0.15) is 21.5 Å². The topological polar surface area (TPSA) is 64.6 Å². The average molecular weight is 392 g/mol. The number of hydrogen-bond acceptors (Lipinski definition) is 4.